The van der Waals surface area contributed by atoms with E-state index in [1.54, 1.807) is 0 Å². The molecular weight excluding hydrogens is 280 g/mol. The first kappa shape index (κ1) is 18.5. The molecule has 0 N–H and O–H groups in total. The van der Waals surface area contributed by atoms with Gasteiger partial charge in [-0.15, -0.1) is 0 Å². The smallest absolute Gasteiger partial charge is 0.122 e. The van der Waals surface area contributed by atoms with Crippen LogP contribution in [0, 0.1) is 0 Å². The molecule has 1 unspecified atom stereocenters. The van der Waals surface area contributed by atoms with Gasteiger partial charge in [-0.2, -0.15) is 0 Å². The van der Waals surface area contributed by atoms with Crippen molar-refractivity contribution in [3.8, 4) is 0 Å². The molecule has 7 nitrogen and oxygen atoms in total. The van der Waals surface area contributed by atoms with Crippen LogP contribution in [0.5, 0.6) is 0 Å². The molecule has 0 aromatic carbocycles. The number of rotatable bonds is 2. The Balaban J connectivity index is 2.19. The lowest BCUT2D eigenvalue weighted by Crippen LogP contribution is -2.24. The van der Waals surface area contributed by atoms with Gasteiger partial charge in [0.2, 0.25) is 0 Å². The minimum absolute atomic E-state index is 0.232. The van der Waals surface area contributed by atoms with Crippen molar-refractivity contribution >= 4 is 6.29 Å². The van der Waals surface area contributed by atoms with Gasteiger partial charge in [-0.05, 0) is 0 Å². The zero-order valence-electron chi connectivity index (χ0n) is 12.5. The maximum Gasteiger partial charge on any atom is 0.122 e. The zero-order valence-corrected chi connectivity index (χ0v) is 12.5. The van der Waals surface area contributed by atoms with Crippen LogP contribution in [0.25, 0.3) is 0 Å². The predicted molar refractivity (Wildman–Crippen MR) is 74.5 cm³/mol. The average molecular weight is 306 g/mol. The minimum atomic E-state index is -0.232. The van der Waals surface area contributed by atoms with E-state index in [0.29, 0.717) is 79.1 Å². The van der Waals surface area contributed by atoms with Gasteiger partial charge >= 0.3 is 0 Å². The summed E-state index contributed by atoms with van der Waals surface area (Å²) in [5, 5.41) is 0. The van der Waals surface area contributed by atoms with Gasteiger partial charge in [-0.25, -0.2) is 0 Å². The lowest BCUT2D eigenvalue weighted by molar-refractivity contribution is -0.113. The summed E-state index contributed by atoms with van der Waals surface area (Å²) in [6.07, 6.45) is 0.921. The number of carbonyl (C=O) groups excluding carboxylic acids is 1. The molecule has 1 fully saturated rings. The highest BCUT2D eigenvalue weighted by Crippen LogP contribution is 1.98. The standard InChI is InChI=1S/C14H26O7/c15-2-1-14-13-20-10-9-18-6-5-16-3-4-17-7-8-19-11-12-21-14/h2,14H,1,3-13H2. The lowest BCUT2D eigenvalue weighted by atomic mass is 10.3. The van der Waals surface area contributed by atoms with Crippen molar-refractivity contribution in [2.75, 3.05) is 72.7 Å². The Morgan fingerprint density at radius 3 is 1.57 bits per heavy atom. The van der Waals surface area contributed by atoms with Crippen LogP contribution in [0.3, 0.4) is 0 Å². The monoisotopic (exact) mass is 306 g/mol. The molecule has 0 aliphatic carbocycles. The van der Waals surface area contributed by atoms with Crippen molar-refractivity contribution in [2.24, 2.45) is 0 Å². The van der Waals surface area contributed by atoms with Gasteiger partial charge in [0.15, 0.2) is 0 Å². The summed E-state index contributed by atoms with van der Waals surface area (Å²) in [5.74, 6) is 0. The summed E-state index contributed by atoms with van der Waals surface area (Å²) in [4.78, 5) is 10.6. The third kappa shape index (κ3) is 11.7. The van der Waals surface area contributed by atoms with Crippen LogP contribution in [0.2, 0.25) is 0 Å². The quantitative estimate of drug-likeness (QED) is 0.668. The molecule has 1 saturated heterocycles. The fourth-order valence-corrected chi connectivity index (χ4v) is 1.66. The van der Waals surface area contributed by atoms with E-state index in [4.69, 9.17) is 28.4 Å². The topological polar surface area (TPSA) is 72.5 Å². The Morgan fingerprint density at radius 1 is 0.667 bits per heavy atom. The van der Waals surface area contributed by atoms with Gasteiger partial charge in [0.1, 0.15) is 6.29 Å². The van der Waals surface area contributed by atoms with E-state index in [2.05, 4.69) is 0 Å². The molecule has 124 valence electrons. The predicted octanol–water partition coefficient (Wildman–Crippen LogP) is 0.0572. The fraction of sp³-hybridized carbons (Fsp3) is 0.929. The van der Waals surface area contributed by atoms with Crippen molar-refractivity contribution in [1.29, 1.82) is 0 Å². The molecule has 7 heteroatoms. The molecule has 0 aromatic rings. The van der Waals surface area contributed by atoms with Crippen LogP contribution in [-0.2, 0) is 33.2 Å². The second kappa shape index (κ2) is 14.4. The molecule has 1 aliphatic rings. The summed E-state index contributed by atoms with van der Waals surface area (Å²) in [7, 11) is 0. The van der Waals surface area contributed by atoms with Crippen LogP contribution >= 0.6 is 0 Å². The fourth-order valence-electron chi connectivity index (χ4n) is 1.66. The van der Waals surface area contributed by atoms with Crippen LogP contribution in [0.4, 0.5) is 0 Å². The van der Waals surface area contributed by atoms with Crippen LogP contribution < -0.4 is 0 Å². The molecule has 21 heavy (non-hydrogen) atoms. The highest BCUT2D eigenvalue weighted by atomic mass is 16.6. The van der Waals surface area contributed by atoms with Gasteiger partial charge in [-0.3, -0.25) is 0 Å². The molecule has 0 amide bonds. The largest absolute Gasteiger partial charge is 0.377 e. The molecule has 1 heterocycles. The van der Waals surface area contributed by atoms with E-state index >= 15 is 0 Å². The van der Waals surface area contributed by atoms with Crippen molar-refractivity contribution in [3.05, 3.63) is 0 Å². The van der Waals surface area contributed by atoms with Crippen molar-refractivity contribution in [1.82, 2.24) is 0 Å². The zero-order chi connectivity index (χ0) is 15.0. The highest BCUT2D eigenvalue weighted by Gasteiger charge is 2.09. The summed E-state index contributed by atoms with van der Waals surface area (Å²) < 4.78 is 32.4. The second-order valence-corrected chi connectivity index (χ2v) is 4.42. The number of hydrogen-bond donors (Lipinski definition) is 0. The molecule has 0 saturated carbocycles. The van der Waals surface area contributed by atoms with Crippen LogP contribution in [0.1, 0.15) is 6.42 Å². The van der Waals surface area contributed by atoms with E-state index in [0.717, 1.165) is 6.29 Å². The second-order valence-electron chi connectivity index (χ2n) is 4.42. The summed E-state index contributed by atoms with van der Waals surface area (Å²) in [6.45, 7) is 5.46. The molecule has 0 radical (unpaired) electrons. The summed E-state index contributed by atoms with van der Waals surface area (Å²) >= 11 is 0. The van der Waals surface area contributed by atoms with Crippen LogP contribution in [-0.4, -0.2) is 85.1 Å². The van der Waals surface area contributed by atoms with Crippen molar-refractivity contribution in [3.63, 3.8) is 0 Å². The number of hydrogen-bond acceptors (Lipinski definition) is 7. The first-order valence-corrected chi connectivity index (χ1v) is 7.37. The molecular formula is C14H26O7. The maximum absolute atomic E-state index is 10.6. The summed E-state index contributed by atoms with van der Waals surface area (Å²) in [6, 6.07) is 0. The van der Waals surface area contributed by atoms with Crippen molar-refractivity contribution in [2.45, 2.75) is 12.5 Å². The van der Waals surface area contributed by atoms with Crippen LogP contribution in [0.15, 0.2) is 0 Å². The number of ether oxygens (including phenoxy) is 6. The lowest BCUT2D eigenvalue weighted by Gasteiger charge is -2.16. The first-order valence-electron chi connectivity index (χ1n) is 7.37. The maximum atomic E-state index is 10.6. The molecule has 1 rings (SSSR count). The first-order chi connectivity index (χ1) is 10.4. The van der Waals surface area contributed by atoms with Gasteiger partial charge in [0, 0.05) is 6.42 Å². The number of carbonyl (C=O) groups is 1. The Bertz CT molecular complexity index is 219. The third-order valence-electron chi connectivity index (χ3n) is 2.73. The third-order valence-corrected chi connectivity index (χ3v) is 2.73. The van der Waals surface area contributed by atoms with E-state index in [1.165, 1.54) is 0 Å². The van der Waals surface area contributed by atoms with E-state index in [9.17, 15) is 4.79 Å². The molecule has 0 spiro atoms. The Hall–Kier alpha value is -0.570. The molecule has 0 bridgehead atoms. The highest BCUT2D eigenvalue weighted by molar-refractivity contribution is 5.50. The molecule has 1 atom stereocenters. The minimum Gasteiger partial charge on any atom is -0.377 e. The average Bonchev–Trinajstić information content (AvgIpc) is 2.49. The normalized spacial score (nSPS) is 25.6. The summed E-state index contributed by atoms with van der Waals surface area (Å²) in [5.41, 5.74) is 0. The van der Waals surface area contributed by atoms with E-state index < -0.39 is 0 Å². The van der Waals surface area contributed by atoms with Gasteiger partial charge < -0.3 is 33.2 Å². The Kier molecular flexibility index (Phi) is 12.6. The van der Waals surface area contributed by atoms with Crippen molar-refractivity contribution < 1.29 is 33.2 Å². The van der Waals surface area contributed by atoms with Gasteiger partial charge in [0.25, 0.3) is 0 Å². The van der Waals surface area contributed by atoms with E-state index in [-0.39, 0.29) is 6.10 Å². The molecule has 0 aromatic heterocycles. The van der Waals surface area contributed by atoms with Gasteiger partial charge in [0.05, 0.1) is 78.8 Å². The number of aldehydes is 1. The van der Waals surface area contributed by atoms with E-state index in [1.807, 2.05) is 0 Å². The SMILES string of the molecule is O=CCC1COCCOCCOCCOCCOCCO1. The Morgan fingerprint density at radius 2 is 1.10 bits per heavy atom. The van der Waals surface area contributed by atoms with Gasteiger partial charge in [-0.1, -0.05) is 0 Å². The molecule has 1 aliphatic heterocycles. The Labute approximate surface area is 125 Å².